The molecule has 29 heavy (non-hydrogen) atoms. The topological polar surface area (TPSA) is 40.5 Å². The zero-order chi connectivity index (χ0) is 20.4. The zero-order valence-electron chi connectivity index (χ0n) is 18.7. The van der Waals surface area contributed by atoms with E-state index in [-0.39, 0.29) is 11.5 Å². The van der Waals surface area contributed by atoms with Gasteiger partial charge < -0.3 is 10.2 Å². The highest BCUT2D eigenvalue weighted by atomic mass is 16.3. The number of hydrogen-bond donors (Lipinski definition) is 2. The van der Waals surface area contributed by atoms with Gasteiger partial charge in [-0.2, -0.15) is 0 Å². The highest BCUT2D eigenvalue weighted by Crippen LogP contribution is 2.62. The van der Waals surface area contributed by atoms with Gasteiger partial charge in [0, 0.05) is 0 Å². The summed E-state index contributed by atoms with van der Waals surface area (Å²) in [7, 11) is 0. The van der Waals surface area contributed by atoms with Crippen LogP contribution in [-0.2, 0) is 6.42 Å². The van der Waals surface area contributed by atoms with Gasteiger partial charge in [0.25, 0.3) is 0 Å². The Labute approximate surface area is 178 Å². The molecular formula is C27H42O2. The normalized spacial score (nSPS) is 35.8. The van der Waals surface area contributed by atoms with Crippen LogP contribution in [0.15, 0.2) is 18.2 Å². The van der Waals surface area contributed by atoms with E-state index in [1.54, 1.807) is 0 Å². The Morgan fingerprint density at radius 1 is 1.00 bits per heavy atom. The Balaban J connectivity index is 1.48. The van der Waals surface area contributed by atoms with Crippen molar-refractivity contribution in [1.82, 2.24) is 0 Å². The second-order valence-corrected chi connectivity index (χ2v) is 10.7. The predicted molar refractivity (Wildman–Crippen MR) is 120 cm³/mol. The maximum Gasteiger partial charge on any atom is 0.115 e. The maximum atomic E-state index is 10.8. The van der Waals surface area contributed by atoms with Gasteiger partial charge >= 0.3 is 0 Å². The van der Waals surface area contributed by atoms with E-state index >= 15 is 0 Å². The molecule has 1 aromatic carbocycles. The largest absolute Gasteiger partial charge is 0.508 e. The van der Waals surface area contributed by atoms with E-state index in [9.17, 15) is 10.2 Å². The lowest BCUT2D eigenvalue weighted by molar-refractivity contribution is -0.0396. The van der Waals surface area contributed by atoms with Crippen molar-refractivity contribution in [3.05, 3.63) is 29.3 Å². The molecule has 2 heteroatoms. The standard InChI is InChI=1S/C27H42O2/c1-3-4-5-6-7-8-9-10-19-17-20-18-21(28)11-12-22(20)23-15-16-27(2)24(26(19)23)13-14-25(27)29/h11-12,18-19,23-26,28-29H,3-10,13-17H2,1-2H3/t19-,23?,24?,25+,26?,27+/m1/s1. The van der Waals surface area contributed by atoms with Crippen LogP contribution in [0.3, 0.4) is 0 Å². The van der Waals surface area contributed by atoms with Crippen LogP contribution in [0.1, 0.15) is 108 Å². The molecule has 2 fully saturated rings. The first-order valence-corrected chi connectivity index (χ1v) is 12.5. The van der Waals surface area contributed by atoms with Gasteiger partial charge in [-0.05, 0) is 90.9 Å². The second-order valence-electron chi connectivity index (χ2n) is 10.7. The van der Waals surface area contributed by atoms with Crippen LogP contribution in [0, 0.1) is 23.2 Å². The number of unbranched alkanes of at least 4 members (excludes halogenated alkanes) is 6. The summed E-state index contributed by atoms with van der Waals surface area (Å²) in [5.41, 5.74) is 3.04. The average molecular weight is 399 g/mol. The minimum Gasteiger partial charge on any atom is -0.508 e. The van der Waals surface area contributed by atoms with E-state index in [4.69, 9.17) is 0 Å². The molecule has 1 aromatic rings. The third kappa shape index (κ3) is 4.11. The predicted octanol–water partition coefficient (Wildman–Crippen LogP) is 6.98. The third-order valence-corrected chi connectivity index (χ3v) is 9.01. The maximum absolute atomic E-state index is 10.8. The van der Waals surface area contributed by atoms with E-state index in [2.05, 4.69) is 19.9 Å². The third-order valence-electron chi connectivity index (χ3n) is 9.01. The Kier molecular flexibility index (Phi) is 6.59. The van der Waals surface area contributed by atoms with Crippen molar-refractivity contribution in [2.45, 2.75) is 109 Å². The van der Waals surface area contributed by atoms with E-state index in [0.717, 1.165) is 31.1 Å². The number of aromatic hydroxyl groups is 1. The SMILES string of the molecule is CCCCCCCCC[C@@H]1Cc2cc(O)ccc2C2CC[C@@]3(C)C(CC[C@@H]3O)C21. The minimum absolute atomic E-state index is 0.103. The van der Waals surface area contributed by atoms with Crippen LogP contribution < -0.4 is 0 Å². The summed E-state index contributed by atoms with van der Waals surface area (Å²) in [5.74, 6) is 3.18. The summed E-state index contributed by atoms with van der Waals surface area (Å²) in [5, 5.41) is 20.9. The van der Waals surface area contributed by atoms with Crippen LogP contribution in [-0.4, -0.2) is 16.3 Å². The van der Waals surface area contributed by atoms with Crippen molar-refractivity contribution in [3.8, 4) is 5.75 Å². The lowest BCUT2D eigenvalue weighted by Crippen LogP contribution is -2.47. The van der Waals surface area contributed by atoms with Crippen LogP contribution in [0.4, 0.5) is 0 Å². The number of aliphatic hydroxyl groups excluding tert-OH is 1. The molecule has 0 amide bonds. The molecular weight excluding hydrogens is 356 g/mol. The number of aliphatic hydroxyl groups is 1. The molecule has 0 aliphatic heterocycles. The molecule has 2 nitrogen and oxygen atoms in total. The molecule has 0 radical (unpaired) electrons. The van der Waals surface area contributed by atoms with Gasteiger partial charge in [0.15, 0.2) is 0 Å². The number of phenolic OH excluding ortho intramolecular Hbond substituents is 1. The monoisotopic (exact) mass is 398 g/mol. The Morgan fingerprint density at radius 2 is 1.76 bits per heavy atom. The van der Waals surface area contributed by atoms with Crippen molar-refractivity contribution in [2.24, 2.45) is 23.2 Å². The molecule has 0 aromatic heterocycles. The lowest BCUT2D eigenvalue weighted by atomic mass is 9.52. The first kappa shape index (κ1) is 21.2. The van der Waals surface area contributed by atoms with E-state index < -0.39 is 0 Å². The van der Waals surface area contributed by atoms with Gasteiger partial charge in [0.05, 0.1) is 6.10 Å². The fourth-order valence-corrected chi connectivity index (χ4v) is 7.39. The van der Waals surface area contributed by atoms with Gasteiger partial charge in [-0.15, -0.1) is 0 Å². The van der Waals surface area contributed by atoms with Crippen LogP contribution in [0.5, 0.6) is 5.75 Å². The molecule has 0 bridgehead atoms. The number of hydrogen-bond acceptors (Lipinski definition) is 2. The summed E-state index contributed by atoms with van der Waals surface area (Å²) in [4.78, 5) is 0. The molecule has 3 aliphatic rings. The fourth-order valence-electron chi connectivity index (χ4n) is 7.39. The van der Waals surface area contributed by atoms with Crippen molar-refractivity contribution < 1.29 is 10.2 Å². The molecule has 162 valence electrons. The molecule has 2 saturated carbocycles. The van der Waals surface area contributed by atoms with Crippen LogP contribution in [0.2, 0.25) is 0 Å². The van der Waals surface area contributed by atoms with Crippen molar-refractivity contribution in [3.63, 3.8) is 0 Å². The quantitative estimate of drug-likeness (QED) is 0.464. The lowest BCUT2D eigenvalue weighted by Gasteiger charge is -2.53. The fraction of sp³-hybridized carbons (Fsp3) is 0.778. The van der Waals surface area contributed by atoms with Crippen molar-refractivity contribution in [2.75, 3.05) is 0 Å². The summed E-state index contributed by atoms with van der Waals surface area (Å²) in [6.07, 6.45) is 16.5. The van der Waals surface area contributed by atoms with Gasteiger partial charge in [0.2, 0.25) is 0 Å². The van der Waals surface area contributed by atoms with Gasteiger partial charge in [-0.25, -0.2) is 0 Å². The van der Waals surface area contributed by atoms with Crippen molar-refractivity contribution >= 4 is 0 Å². The summed E-state index contributed by atoms with van der Waals surface area (Å²) < 4.78 is 0. The summed E-state index contributed by atoms with van der Waals surface area (Å²) in [6, 6.07) is 6.14. The van der Waals surface area contributed by atoms with Crippen LogP contribution >= 0.6 is 0 Å². The highest BCUT2D eigenvalue weighted by Gasteiger charge is 2.56. The first-order valence-electron chi connectivity index (χ1n) is 12.5. The molecule has 3 unspecified atom stereocenters. The molecule has 0 saturated heterocycles. The van der Waals surface area contributed by atoms with E-state index in [1.165, 1.54) is 75.3 Å². The first-order chi connectivity index (χ1) is 14.0. The number of rotatable bonds is 8. The molecule has 4 rings (SSSR count). The van der Waals surface area contributed by atoms with Gasteiger partial charge in [-0.1, -0.05) is 64.9 Å². The molecule has 6 atom stereocenters. The highest BCUT2D eigenvalue weighted by molar-refractivity contribution is 5.40. The van der Waals surface area contributed by atoms with Crippen molar-refractivity contribution in [1.29, 1.82) is 0 Å². The van der Waals surface area contributed by atoms with Crippen LogP contribution in [0.25, 0.3) is 0 Å². The molecule has 0 spiro atoms. The molecule has 3 aliphatic carbocycles. The number of fused-ring (bicyclic) bond motifs is 5. The molecule has 0 heterocycles. The van der Waals surface area contributed by atoms with Gasteiger partial charge in [-0.3, -0.25) is 0 Å². The Morgan fingerprint density at radius 3 is 2.55 bits per heavy atom. The number of benzene rings is 1. The Hall–Kier alpha value is -1.02. The summed E-state index contributed by atoms with van der Waals surface area (Å²) in [6.45, 7) is 4.66. The smallest absolute Gasteiger partial charge is 0.115 e. The second kappa shape index (κ2) is 9.00. The Bertz CT molecular complexity index is 683. The zero-order valence-corrected chi connectivity index (χ0v) is 18.7. The van der Waals surface area contributed by atoms with E-state index in [1.807, 2.05) is 12.1 Å². The minimum atomic E-state index is -0.103. The summed E-state index contributed by atoms with van der Waals surface area (Å²) >= 11 is 0. The average Bonchev–Trinajstić information content (AvgIpc) is 3.01. The van der Waals surface area contributed by atoms with Gasteiger partial charge in [0.1, 0.15) is 5.75 Å². The molecule has 2 N–H and O–H groups in total. The van der Waals surface area contributed by atoms with E-state index in [0.29, 0.717) is 17.6 Å². The number of phenols is 1.